The zero-order valence-corrected chi connectivity index (χ0v) is 55.1. The maximum atomic E-state index is 6.73. The van der Waals surface area contributed by atoms with Crippen LogP contribution in [-0.2, 0) is 0 Å². The second-order valence-corrected chi connectivity index (χ2v) is 28.0. The molecule has 19 aromatic rings. The van der Waals surface area contributed by atoms with Gasteiger partial charge in [-0.3, -0.25) is 0 Å². The fourth-order valence-corrected chi connectivity index (χ4v) is 18.1. The molecule has 0 heterocycles. The summed E-state index contributed by atoms with van der Waals surface area (Å²) in [5, 5.41) is 21.9. The first kappa shape index (κ1) is 55.6. The molecular formula is C96H56Cl2. The molecule has 0 atom stereocenters. The van der Waals surface area contributed by atoms with E-state index in [0.29, 0.717) is 10.0 Å². The van der Waals surface area contributed by atoms with Crippen LogP contribution < -0.4 is 0 Å². The average molecular weight is 1280 g/mol. The van der Waals surface area contributed by atoms with Crippen LogP contribution in [0.4, 0.5) is 0 Å². The number of hydrogen-bond acceptors (Lipinski definition) is 0. The van der Waals surface area contributed by atoms with Crippen molar-refractivity contribution in [1.29, 1.82) is 0 Å². The van der Waals surface area contributed by atoms with Crippen molar-refractivity contribution in [3.63, 3.8) is 0 Å². The van der Waals surface area contributed by atoms with Crippen molar-refractivity contribution in [2.24, 2.45) is 0 Å². The standard InChI is InChI=1S/C96H56Cl2/c1-53-23-27-61(28-24-53)83-91-65(55-31-35-63(97)36-32-55)39-40-66(56-33-37-64(98)38-34-56)92(91)84(62-29-25-54(2)26-30-62)96-78-52-48-74-70-44-42-68-72-46-50-76-89-75(49-45-71(87(72)89)67-41-43-69(86(70)85(67)68)73-47-51-77(95(83)96)90(78)88(73)74)93-81(59-19-11-5-12-20-59)79(57-15-7-3-8-16-57)80(58-17-9-4-10-18-58)82(94(76)93)60-21-13-6-14-22-60/h3-52H,1-2H3. The van der Waals surface area contributed by atoms with Gasteiger partial charge in [0.2, 0.25) is 0 Å². The van der Waals surface area contributed by atoms with E-state index in [0.717, 1.165) is 22.3 Å². The molecule has 2 heteroatoms. The Labute approximate surface area is 577 Å². The summed E-state index contributed by atoms with van der Waals surface area (Å²) in [7, 11) is 0. The van der Waals surface area contributed by atoms with Gasteiger partial charge in [0.15, 0.2) is 0 Å². The second-order valence-electron chi connectivity index (χ2n) is 27.1. The molecule has 0 nitrogen and oxygen atoms in total. The first-order chi connectivity index (χ1) is 48.3. The maximum absolute atomic E-state index is 6.73. The van der Waals surface area contributed by atoms with Crippen LogP contribution in [0.15, 0.2) is 303 Å². The topological polar surface area (TPSA) is 0 Å². The van der Waals surface area contributed by atoms with E-state index in [4.69, 9.17) is 23.2 Å². The highest BCUT2D eigenvalue weighted by Crippen LogP contribution is 2.65. The lowest BCUT2D eigenvalue weighted by Crippen LogP contribution is -1.99. The summed E-state index contributed by atoms with van der Waals surface area (Å²) in [5.74, 6) is 0. The molecule has 0 radical (unpaired) electrons. The average Bonchev–Trinajstić information content (AvgIpc) is 1.62. The van der Waals surface area contributed by atoms with Gasteiger partial charge in [-0.2, -0.15) is 0 Å². The lowest BCUT2D eigenvalue weighted by atomic mass is 9.76. The van der Waals surface area contributed by atoms with E-state index in [1.807, 2.05) is 24.3 Å². The van der Waals surface area contributed by atoms with E-state index in [-0.39, 0.29) is 0 Å². The molecule has 21 rings (SSSR count). The highest BCUT2D eigenvalue weighted by molar-refractivity contribution is 6.46. The lowest BCUT2D eigenvalue weighted by molar-refractivity contribution is 1.47. The largest absolute Gasteiger partial charge is 0.0843 e. The third-order valence-corrected chi connectivity index (χ3v) is 22.4. The van der Waals surface area contributed by atoms with Crippen LogP contribution in [0.25, 0.3) is 220 Å². The lowest BCUT2D eigenvalue weighted by Gasteiger charge is -2.26. The first-order valence-electron chi connectivity index (χ1n) is 33.9. The number of halogens is 2. The third-order valence-electron chi connectivity index (χ3n) is 21.9. The Morgan fingerprint density at radius 2 is 0.367 bits per heavy atom. The van der Waals surface area contributed by atoms with Crippen LogP contribution >= 0.6 is 23.2 Å². The Hall–Kier alpha value is -11.6. The van der Waals surface area contributed by atoms with E-state index >= 15 is 0 Å². The van der Waals surface area contributed by atoms with Crippen LogP contribution in [0.2, 0.25) is 10.0 Å². The number of aryl methyl sites for hydroxylation is 2. The summed E-state index contributed by atoms with van der Waals surface area (Å²) in [4.78, 5) is 0. The van der Waals surface area contributed by atoms with Gasteiger partial charge >= 0.3 is 0 Å². The predicted molar refractivity (Wildman–Crippen MR) is 421 cm³/mol. The highest BCUT2D eigenvalue weighted by Gasteiger charge is 2.38. The molecule has 0 amide bonds. The SMILES string of the molecule is Cc1ccc(-c2c3c(c(-c4ccc(C)cc4)c4c(-c5ccc(Cl)cc5)ccc(-c5ccc(Cl)cc5)c24)-c2ccc4c5ccc6c7ccc8c9c(ccc(c%10ccc(c%11ccc-3c2c%114)c5c%106)c97)-c2c(-c3ccccc3)c(-c3ccccc3)c(-c3ccccc3)c(-c3ccccc3)c2-8)cc1. The monoisotopic (exact) mass is 1280 g/mol. The van der Waals surface area contributed by atoms with E-state index in [1.165, 1.54) is 209 Å². The zero-order chi connectivity index (χ0) is 64.8. The molecule has 0 saturated carbocycles. The van der Waals surface area contributed by atoms with Crippen LogP contribution in [0, 0.1) is 13.8 Å². The van der Waals surface area contributed by atoms with Crippen LogP contribution in [0.3, 0.4) is 0 Å². The Bertz CT molecular complexity index is 6200. The molecule has 2 aliphatic carbocycles. The summed E-state index contributed by atoms with van der Waals surface area (Å²) >= 11 is 13.5. The van der Waals surface area contributed by atoms with Gasteiger partial charge in [-0.1, -0.05) is 313 Å². The number of hydrogen-bond donors (Lipinski definition) is 0. The van der Waals surface area contributed by atoms with E-state index < -0.39 is 0 Å². The van der Waals surface area contributed by atoms with Gasteiger partial charge in [-0.15, -0.1) is 0 Å². The van der Waals surface area contributed by atoms with E-state index in [9.17, 15) is 0 Å². The maximum Gasteiger partial charge on any atom is 0.0406 e. The van der Waals surface area contributed by atoms with Gasteiger partial charge in [-0.05, 0) is 258 Å². The Morgan fingerprint density at radius 1 is 0.153 bits per heavy atom. The van der Waals surface area contributed by atoms with Gasteiger partial charge in [0.1, 0.15) is 0 Å². The van der Waals surface area contributed by atoms with Crippen LogP contribution in [0.5, 0.6) is 0 Å². The third kappa shape index (κ3) is 7.73. The second kappa shape index (κ2) is 20.9. The molecule has 0 spiro atoms. The van der Waals surface area contributed by atoms with E-state index in [2.05, 4.69) is 293 Å². The first-order valence-corrected chi connectivity index (χ1v) is 34.7. The van der Waals surface area contributed by atoms with Crippen LogP contribution in [-0.4, -0.2) is 0 Å². The quantitative estimate of drug-likeness (QED) is 0.105. The molecule has 0 unspecified atom stereocenters. The van der Waals surface area contributed by atoms with Gasteiger partial charge in [0, 0.05) is 10.0 Å². The molecule has 454 valence electrons. The summed E-state index contributed by atoms with van der Waals surface area (Å²) in [6.45, 7) is 4.37. The minimum atomic E-state index is 0.709. The number of fused-ring (bicyclic) bond motifs is 11. The van der Waals surface area contributed by atoms with Crippen molar-refractivity contribution in [3.8, 4) is 134 Å². The summed E-state index contributed by atoms with van der Waals surface area (Å²) in [6.07, 6.45) is 0. The van der Waals surface area contributed by atoms with Gasteiger partial charge in [-0.25, -0.2) is 0 Å². The molecule has 0 fully saturated rings. The fraction of sp³-hybridized carbons (Fsp3) is 0.0208. The molecule has 0 bridgehead atoms. The summed E-state index contributed by atoms with van der Waals surface area (Å²) < 4.78 is 0. The molecule has 2 aliphatic rings. The summed E-state index contributed by atoms with van der Waals surface area (Å²) in [5.41, 5.74) is 31.7. The Morgan fingerprint density at radius 3 is 0.653 bits per heavy atom. The number of rotatable bonds is 8. The smallest absolute Gasteiger partial charge is 0.0406 e. The minimum absolute atomic E-state index is 0.709. The molecule has 0 aliphatic heterocycles. The molecule has 98 heavy (non-hydrogen) atoms. The Balaban J connectivity index is 0.861. The van der Waals surface area contributed by atoms with Crippen molar-refractivity contribution < 1.29 is 0 Å². The number of benzene rings is 19. The van der Waals surface area contributed by atoms with Crippen molar-refractivity contribution in [2.45, 2.75) is 13.8 Å². The van der Waals surface area contributed by atoms with Crippen molar-refractivity contribution in [2.75, 3.05) is 0 Å². The van der Waals surface area contributed by atoms with Gasteiger partial charge in [0.25, 0.3) is 0 Å². The predicted octanol–water partition coefficient (Wildman–Crippen LogP) is 28.3. The van der Waals surface area contributed by atoms with Gasteiger partial charge < -0.3 is 0 Å². The van der Waals surface area contributed by atoms with Crippen LogP contribution in [0.1, 0.15) is 11.1 Å². The van der Waals surface area contributed by atoms with E-state index in [1.54, 1.807) is 0 Å². The summed E-state index contributed by atoms with van der Waals surface area (Å²) in [6, 6.07) is 114. The van der Waals surface area contributed by atoms with Crippen molar-refractivity contribution in [1.82, 2.24) is 0 Å². The van der Waals surface area contributed by atoms with Gasteiger partial charge in [0.05, 0.1) is 0 Å². The molecule has 19 aromatic carbocycles. The molecule has 0 saturated heterocycles. The zero-order valence-electron chi connectivity index (χ0n) is 53.6. The van der Waals surface area contributed by atoms with Crippen molar-refractivity contribution in [3.05, 3.63) is 324 Å². The Kier molecular flexibility index (Phi) is 11.9. The molecule has 0 aromatic heterocycles. The minimum Gasteiger partial charge on any atom is -0.0843 e. The van der Waals surface area contributed by atoms with Crippen molar-refractivity contribution >= 4 is 109 Å². The molecule has 0 N–H and O–H groups in total. The normalized spacial score (nSPS) is 12.3. The highest BCUT2D eigenvalue weighted by atomic mass is 35.5. The molecular weight excluding hydrogens is 1220 g/mol. The fourth-order valence-electron chi connectivity index (χ4n) is 17.9.